The Morgan fingerprint density at radius 1 is 1.10 bits per heavy atom. The van der Waals surface area contributed by atoms with Gasteiger partial charge in [-0.2, -0.15) is 5.10 Å². The molecule has 1 N–H and O–H groups in total. The minimum absolute atomic E-state index is 0.0735. The van der Waals surface area contributed by atoms with Crippen molar-refractivity contribution in [3.63, 3.8) is 0 Å². The molecule has 1 saturated heterocycles. The Morgan fingerprint density at radius 3 is 2.58 bits per heavy atom. The van der Waals surface area contributed by atoms with Gasteiger partial charge in [-0.15, -0.1) is 0 Å². The van der Waals surface area contributed by atoms with Crippen molar-refractivity contribution in [3.05, 3.63) is 58.1 Å². The lowest BCUT2D eigenvalue weighted by molar-refractivity contribution is -0.116. The maximum absolute atomic E-state index is 12.5. The van der Waals surface area contributed by atoms with Gasteiger partial charge in [0.05, 0.1) is 16.4 Å². The van der Waals surface area contributed by atoms with E-state index >= 15 is 0 Å². The molecule has 0 unspecified atom stereocenters. The third kappa shape index (κ3) is 4.71. The first-order chi connectivity index (χ1) is 14.9. The summed E-state index contributed by atoms with van der Waals surface area (Å²) in [5.41, 5.74) is 4.65. The van der Waals surface area contributed by atoms with Gasteiger partial charge in [-0.25, -0.2) is 14.6 Å². The fraction of sp³-hybridized carbons (Fsp3) is 0.391. The molecule has 0 saturated carbocycles. The second kappa shape index (κ2) is 9.06. The predicted octanol–water partition coefficient (Wildman–Crippen LogP) is 4.41. The molecule has 0 aliphatic carbocycles. The number of benzene rings is 1. The van der Waals surface area contributed by atoms with Crippen molar-refractivity contribution in [3.8, 4) is 5.82 Å². The summed E-state index contributed by atoms with van der Waals surface area (Å²) >= 11 is 6.23. The molecule has 1 fully saturated rings. The maximum atomic E-state index is 12.5. The van der Waals surface area contributed by atoms with Crippen molar-refractivity contribution in [2.45, 2.75) is 46.5 Å². The van der Waals surface area contributed by atoms with Gasteiger partial charge < -0.3 is 10.2 Å². The summed E-state index contributed by atoms with van der Waals surface area (Å²) in [5, 5.41) is 8.14. The largest absolute Gasteiger partial charge is 0.356 e. The Hall–Kier alpha value is -2.93. The Kier molecular flexibility index (Phi) is 6.23. The standard InChI is InChI=1S/C23H27ClN6O/c1-15-6-8-20(19(24)12-15)27-23(31)9-7-18-16(2)28-30(17(18)3)22-13-21(25-14-26-22)29-10-4-5-11-29/h6,8,12-14H,4-5,7,9-11H2,1-3H3,(H,27,31). The molecule has 1 amide bonds. The predicted molar refractivity (Wildman–Crippen MR) is 123 cm³/mol. The third-order valence-electron chi connectivity index (χ3n) is 5.73. The number of halogens is 1. The summed E-state index contributed by atoms with van der Waals surface area (Å²) in [6, 6.07) is 7.59. The number of aromatic nitrogens is 4. The number of nitrogens with zero attached hydrogens (tertiary/aromatic N) is 5. The van der Waals surface area contributed by atoms with Crippen molar-refractivity contribution < 1.29 is 4.79 Å². The molecule has 8 heteroatoms. The van der Waals surface area contributed by atoms with E-state index in [4.69, 9.17) is 11.6 Å². The molecule has 3 heterocycles. The molecule has 1 aliphatic heterocycles. The van der Waals surface area contributed by atoms with Crippen LogP contribution in [-0.4, -0.2) is 38.7 Å². The maximum Gasteiger partial charge on any atom is 0.224 e. The van der Waals surface area contributed by atoms with Crippen molar-refractivity contribution in [2.24, 2.45) is 0 Å². The van der Waals surface area contributed by atoms with E-state index in [0.29, 0.717) is 23.6 Å². The SMILES string of the molecule is Cc1ccc(NC(=O)CCc2c(C)nn(-c3cc(N4CCCC4)ncn3)c2C)c(Cl)c1. The number of carbonyl (C=O) groups excluding carboxylic acids is 1. The third-order valence-corrected chi connectivity index (χ3v) is 6.04. The first kappa shape index (κ1) is 21.3. The number of carbonyl (C=O) groups is 1. The summed E-state index contributed by atoms with van der Waals surface area (Å²) in [7, 11) is 0. The second-order valence-electron chi connectivity index (χ2n) is 8.02. The van der Waals surface area contributed by atoms with E-state index in [9.17, 15) is 4.79 Å². The fourth-order valence-corrected chi connectivity index (χ4v) is 4.29. The van der Waals surface area contributed by atoms with E-state index < -0.39 is 0 Å². The zero-order valence-corrected chi connectivity index (χ0v) is 18.9. The second-order valence-corrected chi connectivity index (χ2v) is 8.43. The average molecular weight is 439 g/mol. The van der Waals surface area contributed by atoms with E-state index in [1.165, 1.54) is 12.8 Å². The van der Waals surface area contributed by atoms with Gasteiger partial charge in [0.25, 0.3) is 0 Å². The van der Waals surface area contributed by atoms with Crippen molar-refractivity contribution >= 4 is 29.0 Å². The number of hydrogen-bond donors (Lipinski definition) is 1. The van der Waals surface area contributed by atoms with Crippen molar-refractivity contribution in [1.82, 2.24) is 19.7 Å². The summed E-state index contributed by atoms with van der Waals surface area (Å²) in [6.45, 7) is 8.00. The quantitative estimate of drug-likeness (QED) is 0.616. The highest BCUT2D eigenvalue weighted by Gasteiger charge is 2.18. The topological polar surface area (TPSA) is 75.9 Å². The Balaban J connectivity index is 1.47. The van der Waals surface area contributed by atoms with Crippen LogP contribution in [0.4, 0.5) is 11.5 Å². The molecule has 2 aromatic heterocycles. The van der Waals surface area contributed by atoms with Crippen LogP contribution in [0.25, 0.3) is 5.82 Å². The van der Waals surface area contributed by atoms with Crippen LogP contribution in [0.15, 0.2) is 30.6 Å². The summed E-state index contributed by atoms with van der Waals surface area (Å²) in [4.78, 5) is 23.6. The molecular formula is C23H27ClN6O. The highest BCUT2D eigenvalue weighted by molar-refractivity contribution is 6.33. The molecule has 0 atom stereocenters. The lowest BCUT2D eigenvalue weighted by Crippen LogP contribution is -2.19. The van der Waals surface area contributed by atoms with E-state index in [0.717, 1.165) is 47.2 Å². The smallest absolute Gasteiger partial charge is 0.224 e. The zero-order chi connectivity index (χ0) is 22.0. The Labute approximate surface area is 187 Å². The molecule has 0 radical (unpaired) electrons. The van der Waals surface area contributed by atoms with Crippen LogP contribution in [0.3, 0.4) is 0 Å². The highest BCUT2D eigenvalue weighted by atomic mass is 35.5. The molecule has 0 spiro atoms. The van der Waals surface area contributed by atoms with E-state index in [1.807, 2.05) is 49.7 Å². The summed E-state index contributed by atoms with van der Waals surface area (Å²) in [5.74, 6) is 1.61. The number of hydrogen-bond acceptors (Lipinski definition) is 5. The number of anilines is 2. The first-order valence-electron chi connectivity index (χ1n) is 10.6. The van der Waals surface area contributed by atoms with Crippen molar-refractivity contribution in [1.29, 1.82) is 0 Å². The Bertz CT molecular complexity index is 1100. The monoisotopic (exact) mass is 438 g/mol. The van der Waals surface area contributed by atoms with Gasteiger partial charge >= 0.3 is 0 Å². The molecule has 3 aromatic rings. The molecule has 1 aromatic carbocycles. The average Bonchev–Trinajstić information content (AvgIpc) is 3.38. The molecule has 31 heavy (non-hydrogen) atoms. The van der Waals surface area contributed by atoms with Crippen LogP contribution >= 0.6 is 11.6 Å². The molecule has 1 aliphatic rings. The van der Waals surface area contributed by atoms with Crippen LogP contribution < -0.4 is 10.2 Å². The normalized spacial score (nSPS) is 13.6. The number of aryl methyl sites for hydroxylation is 2. The number of rotatable bonds is 6. The van der Waals surface area contributed by atoms with Gasteiger partial charge in [0, 0.05) is 31.3 Å². The summed E-state index contributed by atoms with van der Waals surface area (Å²) in [6.07, 6.45) is 4.92. The van der Waals surface area contributed by atoms with Gasteiger partial charge in [-0.3, -0.25) is 4.79 Å². The lowest BCUT2D eigenvalue weighted by atomic mass is 10.1. The molecule has 4 rings (SSSR count). The van der Waals surface area contributed by atoms with Crippen LogP contribution in [0.2, 0.25) is 5.02 Å². The van der Waals surface area contributed by atoms with Crippen LogP contribution in [0.5, 0.6) is 0 Å². The first-order valence-corrected chi connectivity index (χ1v) is 11.0. The van der Waals surface area contributed by atoms with Gasteiger partial charge in [-0.1, -0.05) is 17.7 Å². The molecule has 162 valence electrons. The molecular weight excluding hydrogens is 412 g/mol. The van der Waals surface area contributed by atoms with E-state index in [-0.39, 0.29) is 5.91 Å². The van der Waals surface area contributed by atoms with E-state index in [2.05, 4.69) is 25.3 Å². The zero-order valence-electron chi connectivity index (χ0n) is 18.2. The van der Waals surface area contributed by atoms with Gasteiger partial charge in [0.15, 0.2) is 5.82 Å². The van der Waals surface area contributed by atoms with Crippen molar-refractivity contribution in [2.75, 3.05) is 23.3 Å². The van der Waals surface area contributed by atoms with Crippen LogP contribution in [-0.2, 0) is 11.2 Å². The highest BCUT2D eigenvalue weighted by Crippen LogP contribution is 2.24. The lowest BCUT2D eigenvalue weighted by Gasteiger charge is -2.16. The minimum atomic E-state index is -0.0735. The number of amides is 1. The van der Waals surface area contributed by atoms with Crippen LogP contribution in [0, 0.1) is 20.8 Å². The molecule has 0 bridgehead atoms. The summed E-state index contributed by atoms with van der Waals surface area (Å²) < 4.78 is 1.85. The minimum Gasteiger partial charge on any atom is -0.356 e. The fourth-order valence-electron chi connectivity index (χ4n) is 4.00. The van der Waals surface area contributed by atoms with Gasteiger partial charge in [-0.05, 0) is 63.3 Å². The molecule has 7 nitrogen and oxygen atoms in total. The van der Waals surface area contributed by atoms with Crippen LogP contribution in [0.1, 0.15) is 41.8 Å². The number of nitrogens with one attached hydrogen (secondary N) is 1. The van der Waals surface area contributed by atoms with Gasteiger partial charge in [0.1, 0.15) is 12.1 Å². The van der Waals surface area contributed by atoms with E-state index in [1.54, 1.807) is 6.33 Å². The Morgan fingerprint density at radius 2 is 1.84 bits per heavy atom. The van der Waals surface area contributed by atoms with Gasteiger partial charge in [0.2, 0.25) is 5.91 Å².